The molecule has 1 aliphatic rings. The number of rotatable bonds is 1. The first-order valence-electron chi connectivity index (χ1n) is 4.19. The maximum atomic E-state index is 8.87. The van der Waals surface area contributed by atoms with E-state index in [2.05, 4.69) is 12.2 Å². The molecule has 0 bridgehead atoms. The molecule has 0 spiro atoms. The SMILES string of the molecule is OCC1C/C=C\CCCC1. The first-order valence-corrected chi connectivity index (χ1v) is 4.19. The zero-order chi connectivity index (χ0) is 7.23. The van der Waals surface area contributed by atoms with E-state index in [-0.39, 0.29) is 0 Å². The Morgan fingerprint density at radius 1 is 1.30 bits per heavy atom. The summed E-state index contributed by atoms with van der Waals surface area (Å²) in [6, 6.07) is 0. The van der Waals surface area contributed by atoms with Gasteiger partial charge in [-0.05, 0) is 31.6 Å². The summed E-state index contributed by atoms with van der Waals surface area (Å²) < 4.78 is 0. The molecule has 0 aromatic heterocycles. The molecule has 0 aromatic rings. The van der Waals surface area contributed by atoms with Crippen molar-refractivity contribution in [2.24, 2.45) is 5.92 Å². The quantitative estimate of drug-likeness (QED) is 0.553. The molecule has 0 amide bonds. The van der Waals surface area contributed by atoms with Crippen molar-refractivity contribution >= 4 is 0 Å². The highest BCUT2D eigenvalue weighted by atomic mass is 16.3. The Bertz CT molecular complexity index is 107. The lowest BCUT2D eigenvalue weighted by Gasteiger charge is -2.12. The van der Waals surface area contributed by atoms with Gasteiger partial charge in [-0.3, -0.25) is 0 Å². The fourth-order valence-corrected chi connectivity index (χ4v) is 1.39. The van der Waals surface area contributed by atoms with Crippen molar-refractivity contribution in [2.75, 3.05) is 6.61 Å². The molecule has 0 aliphatic heterocycles. The summed E-state index contributed by atoms with van der Waals surface area (Å²) >= 11 is 0. The predicted molar refractivity (Wildman–Crippen MR) is 42.8 cm³/mol. The molecule has 0 saturated carbocycles. The Balaban J connectivity index is 2.30. The summed E-state index contributed by atoms with van der Waals surface area (Å²) in [5.74, 6) is 0.538. The van der Waals surface area contributed by atoms with E-state index in [4.69, 9.17) is 5.11 Å². The van der Waals surface area contributed by atoms with Crippen molar-refractivity contribution in [1.29, 1.82) is 0 Å². The van der Waals surface area contributed by atoms with Crippen molar-refractivity contribution in [2.45, 2.75) is 32.1 Å². The highest BCUT2D eigenvalue weighted by molar-refractivity contribution is 4.85. The maximum absolute atomic E-state index is 8.87. The molecule has 0 saturated heterocycles. The second-order valence-electron chi connectivity index (χ2n) is 3.04. The lowest BCUT2D eigenvalue weighted by Crippen LogP contribution is -2.05. The Morgan fingerprint density at radius 2 is 2.20 bits per heavy atom. The van der Waals surface area contributed by atoms with Gasteiger partial charge in [0.05, 0.1) is 0 Å². The fourth-order valence-electron chi connectivity index (χ4n) is 1.39. The maximum Gasteiger partial charge on any atom is 0.0462 e. The van der Waals surface area contributed by atoms with Gasteiger partial charge in [0, 0.05) is 6.61 Å². The Kier molecular flexibility index (Phi) is 3.52. The van der Waals surface area contributed by atoms with Crippen LogP contribution in [0.1, 0.15) is 32.1 Å². The zero-order valence-corrected chi connectivity index (χ0v) is 6.42. The average Bonchev–Trinajstić information content (AvgIpc) is 1.87. The largest absolute Gasteiger partial charge is 0.396 e. The van der Waals surface area contributed by atoms with Crippen molar-refractivity contribution < 1.29 is 5.11 Å². The van der Waals surface area contributed by atoms with E-state index in [0.717, 1.165) is 6.42 Å². The van der Waals surface area contributed by atoms with Crippen LogP contribution < -0.4 is 0 Å². The van der Waals surface area contributed by atoms with Crippen molar-refractivity contribution in [1.82, 2.24) is 0 Å². The second-order valence-corrected chi connectivity index (χ2v) is 3.04. The van der Waals surface area contributed by atoms with E-state index in [1.807, 2.05) is 0 Å². The zero-order valence-electron chi connectivity index (χ0n) is 6.42. The number of hydrogen-bond donors (Lipinski definition) is 1. The standard InChI is InChI=1S/C9H16O/c10-8-9-6-4-2-1-3-5-7-9/h2,4,9-10H,1,3,5-8H2/b4-2-. The van der Waals surface area contributed by atoms with Crippen LogP contribution in [0.2, 0.25) is 0 Å². The van der Waals surface area contributed by atoms with Gasteiger partial charge in [0.1, 0.15) is 0 Å². The number of aliphatic hydroxyl groups is 1. The number of aliphatic hydroxyl groups excluding tert-OH is 1. The van der Waals surface area contributed by atoms with E-state index in [0.29, 0.717) is 12.5 Å². The van der Waals surface area contributed by atoms with Gasteiger partial charge in [0.2, 0.25) is 0 Å². The van der Waals surface area contributed by atoms with Crippen LogP contribution in [0, 0.1) is 5.92 Å². The van der Waals surface area contributed by atoms with Crippen LogP contribution in [0.15, 0.2) is 12.2 Å². The summed E-state index contributed by atoms with van der Waals surface area (Å²) in [4.78, 5) is 0. The third-order valence-electron chi connectivity index (χ3n) is 2.13. The summed E-state index contributed by atoms with van der Waals surface area (Å²) in [6.45, 7) is 0.365. The Hall–Kier alpha value is -0.300. The molecular formula is C9H16O. The molecule has 1 unspecified atom stereocenters. The first-order chi connectivity index (χ1) is 4.93. The minimum atomic E-state index is 0.365. The molecule has 10 heavy (non-hydrogen) atoms. The second kappa shape index (κ2) is 4.51. The molecule has 0 fully saturated rings. The number of allylic oxidation sites excluding steroid dienone is 2. The van der Waals surface area contributed by atoms with Gasteiger partial charge in [-0.15, -0.1) is 0 Å². The molecule has 0 heterocycles. The third kappa shape index (κ3) is 2.53. The van der Waals surface area contributed by atoms with Crippen LogP contribution in [-0.4, -0.2) is 11.7 Å². The minimum Gasteiger partial charge on any atom is -0.396 e. The lowest BCUT2D eigenvalue weighted by molar-refractivity contribution is 0.216. The van der Waals surface area contributed by atoms with Gasteiger partial charge < -0.3 is 5.11 Å². The molecule has 1 heteroatoms. The summed E-state index contributed by atoms with van der Waals surface area (Å²) in [7, 11) is 0. The van der Waals surface area contributed by atoms with Gasteiger partial charge in [-0.2, -0.15) is 0 Å². The normalized spacial score (nSPS) is 30.7. The minimum absolute atomic E-state index is 0.365. The van der Waals surface area contributed by atoms with Crippen LogP contribution in [0.5, 0.6) is 0 Å². The van der Waals surface area contributed by atoms with Crippen LogP contribution in [0.3, 0.4) is 0 Å². The Morgan fingerprint density at radius 3 is 3.00 bits per heavy atom. The summed E-state index contributed by atoms with van der Waals surface area (Å²) in [6.07, 6.45) is 10.6. The van der Waals surface area contributed by atoms with Gasteiger partial charge in [-0.25, -0.2) is 0 Å². The van der Waals surface area contributed by atoms with Crippen molar-refractivity contribution in [3.63, 3.8) is 0 Å². The van der Waals surface area contributed by atoms with E-state index >= 15 is 0 Å². The molecule has 1 N–H and O–H groups in total. The van der Waals surface area contributed by atoms with Gasteiger partial charge in [0.25, 0.3) is 0 Å². The van der Waals surface area contributed by atoms with Crippen LogP contribution >= 0.6 is 0 Å². The fraction of sp³-hybridized carbons (Fsp3) is 0.778. The van der Waals surface area contributed by atoms with Crippen LogP contribution in [-0.2, 0) is 0 Å². The molecule has 1 rings (SSSR count). The van der Waals surface area contributed by atoms with Gasteiger partial charge in [-0.1, -0.05) is 18.6 Å². The van der Waals surface area contributed by atoms with E-state index in [1.165, 1.54) is 25.7 Å². The predicted octanol–water partition coefficient (Wildman–Crippen LogP) is 2.12. The molecule has 1 nitrogen and oxygen atoms in total. The average molecular weight is 140 g/mol. The monoisotopic (exact) mass is 140 g/mol. The summed E-state index contributed by atoms with van der Waals surface area (Å²) in [5, 5.41) is 8.87. The molecule has 1 atom stereocenters. The van der Waals surface area contributed by atoms with Gasteiger partial charge in [0.15, 0.2) is 0 Å². The lowest BCUT2D eigenvalue weighted by atomic mass is 9.96. The van der Waals surface area contributed by atoms with Crippen LogP contribution in [0.25, 0.3) is 0 Å². The van der Waals surface area contributed by atoms with Gasteiger partial charge >= 0.3 is 0 Å². The van der Waals surface area contributed by atoms with Crippen molar-refractivity contribution in [3.05, 3.63) is 12.2 Å². The molecule has 0 radical (unpaired) electrons. The highest BCUT2D eigenvalue weighted by Crippen LogP contribution is 2.16. The van der Waals surface area contributed by atoms with Crippen molar-refractivity contribution in [3.8, 4) is 0 Å². The van der Waals surface area contributed by atoms with E-state index < -0.39 is 0 Å². The van der Waals surface area contributed by atoms with E-state index in [9.17, 15) is 0 Å². The third-order valence-corrected chi connectivity index (χ3v) is 2.13. The summed E-state index contributed by atoms with van der Waals surface area (Å²) in [5.41, 5.74) is 0. The van der Waals surface area contributed by atoms with Crippen LogP contribution in [0.4, 0.5) is 0 Å². The highest BCUT2D eigenvalue weighted by Gasteiger charge is 2.05. The van der Waals surface area contributed by atoms with E-state index in [1.54, 1.807) is 0 Å². The molecule has 0 aromatic carbocycles. The number of hydrogen-bond acceptors (Lipinski definition) is 1. The molecule has 58 valence electrons. The molecule has 1 aliphatic carbocycles. The topological polar surface area (TPSA) is 20.2 Å². The Labute approximate surface area is 62.8 Å². The molecular weight excluding hydrogens is 124 g/mol. The smallest absolute Gasteiger partial charge is 0.0462 e. The first kappa shape index (κ1) is 7.80.